The van der Waals surface area contributed by atoms with Gasteiger partial charge in [0, 0.05) is 23.8 Å². The fourth-order valence-electron chi connectivity index (χ4n) is 1.32. The van der Waals surface area contributed by atoms with Crippen molar-refractivity contribution in [1.82, 2.24) is 5.32 Å². The van der Waals surface area contributed by atoms with E-state index in [2.05, 4.69) is 21.2 Å². The van der Waals surface area contributed by atoms with E-state index in [1.165, 1.54) is 0 Å². The molecule has 1 amide bonds. The minimum Gasteiger partial charge on any atom is -0.398 e. The molecule has 0 saturated carbocycles. The van der Waals surface area contributed by atoms with E-state index < -0.39 is 0 Å². The lowest BCUT2D eigenvalue weighted by molar-refractivity contribution is 0.0693. The number of nitrogens with two attached hydrogens (primary N) is 1. The van der Waals surface area contributed by atoms with Gasteiger partial charge in [0.15, 0.2) is 0 Å². The Balaban J connectivity index is 2.32. The zero-order chi connectivity index (χ0) is 13.4. The van der Waals surface area contributed by atoms with E-state index in [9.17, 15) is 4.79 Å². The Kier molecular flexibility index (Phi) is 6.70. The van der Waals surface area contributed by atoms with E-state index in [1.807, 2.05) is 0 Å². The third-order valence-corrected chi connectivity index (χ3v) is 2.72. The quantitative estimate of drug-likeness (QED) is 0.589. The highest BCUT2D eigenvalue weighted by molar-refractivity contribution is 9.10. The van der Waals surface area contributed by atoms with Gasteiger partial charge in [0.1, 0.15) is 0 Å². The maximum absolute atomic E-state index is 11.8. The van der Waals surface area contributed by atoms with E-state index in [1.54, 1.807) is 25.3 Å². The summed E-state index contributed by atoms with van der Waals surface area (Å²) in [6.07, 6.45) is 0. The Bertz CT molecular complexity index is 399. The molecule has 0 fully saturated rings. The first kappa shape index (κ1) is 14.9. The van der Waals surface area contributed by atoms with Gasteiger partial charge in [0.05, 0.1) is 25.4 Å². The summed E-state index contributed by atoms with van der Waals surface area (Å²) in [5.41, 5.74) is 6.67. The van der Waals surface area contributed by atoms with Crippen LogP contribution >= 0.6 is 15.9 Å². The Morgan fingerprint density at radius 2 is 2.17 bits per heavy atom. The lowest BCUT2D eigenvalue weighted by Crippen LogP contribution is -2.28. The van der Waals surface area contributed by atoms with Crippen LogP contribution in [0, 0.1) is 0 Å². The first-order valence-electron chi connectivity index (χ1n) is 5.55. The van der Waals surface area contributed by atoms with Crippen molar-refractivity contribution in [1.29, 1.82) is 0 Å². The third kappa shape index (κ3) is 5.03. The number of halogens is 1. The second-order valence-corrected chi connectivity index (χ2v) is 4.51. The molecule has 0 aliphatic heterocycles. The minimum atomic E-state index is -0.199. The maximum Gasteiger partial charge on any atom is 0.253 e. The standard InChI is InChI=1S/C12H17BrN2O3/c1-17-6-7-18-5-4-15-12(16)10-3-2-9(13)8-11(10)14/h2-3,8H,4-7,14H2,1H3,(H,15,16). The Hall–Kier alpha value is -1.11. The molecule has 0 aliphatic carbocycles. The van der Waals surface area contributed by atoms with Crippen LogP contribution in [0.4, 0.5) is 5.69 Å². The first-order valence-corrected chi connectivity index (χ1v) is 6.34. The van der Waals surface area contributed by atoms with Gasteiger partial charge in [-0.15, -0.1) is 0 Å². The van der Waals surface area contributed by atoms with Crippen molar-refractivity contribution < 1.29 is 14.3 Å². The van der Waals surface area contributed by atoms with Crippen LogP contribution in [0.15, 0.2) is 22.7 Å². The summed E-state index contributed by atoms with van der Waals surface area (Å²) < 4.78 is 10.9. The summed E-state index contributed by atoms with van der Waals surface area (Å²) in [4.78, 5) is 11.8. The number of anilines is 1. The summed E-state index contributed by atoms with van der Waals surface area (Å²) in [6.45, 7) is 1.96. The van der Waals surface area contributed by atoms with Crippen molar-refractivity contribution in [3.8, 4) is 0 Å². The van der Waals surface area contributed by atoms with Gasteiger partial charge in [-0.1, -0.05) is 15.9 Å². The van der Waals surface area contributed by atoms with Crippen LogP contribution in [0.1, 0.15) is 10.4 Å². The summed E-state index contributed by atoms with van der Waals surface area (Å²) >= 11 is 3.29. The summed E-state index contributed by atoms with van der Waals surface area (Å²) in [5, 5.41) is 2.74. The maximum atomic E-state index is 11.8. The smallest absolute Gasteiger partial charge is 0.253 e. The zero-order valence-electron chi connectivity index (χ0n) is 10.2. The van der Waals surface area contributed by atoms with Crippen molar-refractivity contribution in [3.63, 3.8) is 0 Å². The van der Waals surface area contributed by atoms with Gasteiger partial charge in [-0.25, -0.2) is 0 Å². The Labute approximate surface area is 115 Å². The molecule has 0 heterocycles. The number of hydrogen-bond acceptors (Lipinski definition) is 4. The molecule has 0 aliphatic rings. The second-order valence-electron chi connectivity index (χ2n) is 3.59. The number of amides is 1. The minimum absolute atomic E-state index is 0.199. The van der Waals surface area contributed by atoms with Crippen LogP contribution in [-0.4, -0.2) is 39.4 Å². The molecule has 100 valence electrons. The van der Waals surface area contributed by atoms with Crippen molar-refractivity contribution >= 4 is 27.5 Å². The highest BCUT2D eigenvalue weighted by atomic mass is 79.9. The van der Waals surface area contributed by atoms with E-state index >= 15 is 0 Å². The number of hydrogen-bond donors (Lipinski definition) is 2. The first-order chi connectivity index (χ1) is 8.65. The Morgan fingerprint density at radius 3 is 2.83 bits per heavy atom. The number of benzene rings is 1. The van der Waals surface area contributed by atoms with E-state index in [-0.39, 0.29) is 5.91 Å². The number of ether oxygens (including phenoxy) is 2. The summed E-state index contributed by atoms with van der Waals surface area (Å²) in [5.74, 6) is -0.199. The van der Waals surface area contributed by atoms with Gasteiger partial charge >= 0.3 is 0 Å². The van der Waals surface area contributed by atoms with Gasteiger partial charge in [0.25, 0.3) is 5.91 Å². The number of carbonyl (C=O) groups is 1. The number of nitrogen functional groups attached to an aromatic ring is 1. The molecule has 0 radical (unpaired) electrons. The molecule has 0 saturated heterocycles. The summed E-state index contributed by atoms with van der Waals surface area (Å²) in [7, 11) is 1.61. The molecule has 0 unspecified atom stereocenters. The third-order valence-electron chi connectivity index (χ3n) is 2.22. The van der Waals surface area contributed by atoms with E-state index in [0.717, 1.165) is 4.47 Å². The van der Waals surface area contributed by atoms with Crippen molar-refractivity contribution in [3.05, 3.63) is 28.2 Å². The average molecular weight is 317 g/mol. The molecular formula is C12H17BrN2O3. The van der Waals surface area contributed by atoms with Gasteiger partial charge in [-0.3, -0.25) is 4.79 Å². The average Bonchev–Trinajstić information content (AvgIpc) is 2.33. The molecule has 1 aromatic carbocycles. The van der Waals surface area contributed by atoms with Gasteiger partial charge in [-0.05, 0) is 18.2 Å². The zero-order valence-corrected chi connectivity index (χ0v) is 11.8. The normalized spacial score (nSPS) is 10.3. The van der Waals surface area contributed by atoms with Gasteiger partial charge in [0.2, 0.25) is 0 Å². The second kappa shape index (κ2) is 8.07. The van der Waals surface area contributed by atoms with Crippen LogP contribution in [0.2, 0.25) is 0 Å². The Morgan fingerprint density at radius 1 is 1.39 bits per heavy atom. The molecule has 0 spiro atoms. The van der Waals surface area contributed by atoms with Crippen LogP contribution < -0.4 is 11.1 Å². The molecule has 0 atom stereocenters. The van der Waals surface area contributed by atoms with Crippen molar-refractivity contribution in [2.24, 2.45) is 0 Å². The highest BCUT2D eigenvalue weighted by Gasteiger charge is 2.08. The highest BCUT2D eigenvalue weighted by Crippen LogP contribution is 2.18. The molecule has 18 heavy (non-hydrogen) atoms. The topological polar surface area (TPSA) is 73.6 Å². The van der Waals surface area contributed by atoms with Crippen LogP contribution in [0.5, 0.6) is 0 Å². The number of rotatable bonds is 7. The van der Waals surface area contributed by atoms with E-state index in [4.69, 9.17) is 15.2 Å². The van der Waals surface area contributed by atoms with Crippen molar-refractivity contribution in [2.75, 3.05) is 39.2 Å². The molecule has 0 aromatic heterocycles. The van der Waals surface area contributed by atoms with Crippen LogP contribution in [0.3, 0.4) is 0 Å². The predicted molar refractivity (Wildman–Crippen MR) is 73.6 cm³/mol. The molecule has 0 bridgehead atoms. The molecule has 1 aromatic rings. The molecule has 3 N–H and O–H groups in total. The molecule has 6 heteroatoms. The fourth-order valence-corrected chi connectivity index (χ4v) is 1.70. The lowest BCUT2D eigenvalue weighted by Gasteiger charge is -2.08. The van der Waals surface area contributed by atoms with Crippen LogP contribution in [0.25, 0.3) is 0 Å². The number of nitrogens with one attached hydrogen (secondary N) is 1. The molecular weight excluding hydrogens is 300 g/mol. The number of methoxy groups -OCH3 is 1. The monoisotopic (exact) mass is 316 g/mol. The SMILES string of the molecule is COCCOCCNC(=O)c1ccc(Br)cc1N. The predicted octanol–water partition coefficient (Wildman–Crippen LogP) is 1.42. The van der Waals surface area contributed by atoms with Crippen LogP contribution in [-0.2, 0) is 9.47 Å². The van der Waals surface area contributed by atoms with E-state index in [0.29, 0.717) is 37.6 Å². The van der Waals surface area contributed by atoms with Gasteiger partial charge < -0.3 is 20.5 Å². The van der Waals surface area contributed by atoms with Crippen molar-refractivity contribution in [2.45, 2.75) is 0 Å². The lowest BCUT2D eigenvalue weighted by atomic mass is 10.1. The van der Waals surface area contributed by atoms with Gasteiger partial charge in [-0.2, -0.15) is 0 Å². The molecule has 5 nitrogen and oxygen atoms in total. The molecule has 1 rings (SSSR count). The number of carbonyl (C=O) groups excluding carboxylic acids is 1. The summed E-state index contributed by atoms with van der Waals surface area (Å²) in [6, 6.07) is 5.16. The largest absolute Gasteiger partial charge is 0.398 e. The fraction of sp³-hybridized carbons (Fsp3) is 0.417.